The van der Waals surface area contributed by atoms with Crippen molar-refractivity contribution in [2.75, 3.05) is 12.0 Å². The number of hydrogen-bond acceptors (Lipinski definition) is 3. The molecule has 0 aliphatic carbocycles. The molecule has 1 aromatic heterocycles. The third kappa shape index (κ3) is 5.60. The van der Waals surface area contributed by atoms with E-state index in [1.165, 1.54) is 0 Å². The summed E-state index contributed by atoms with van der Waals surface area (Å²) in [5.41, 5.74) is 5.80. The molecule has 0 spiro atoms. The summed E-state index contributed by atoms with van der Waals surface area (Å²) in [5, 5.41) is 4.20. The van der Waals surface area contributed by atoms with E-state index in [1.54, 1.807) is 6.26 Å². The predicted octanol–water partition coefficient (Wildman–Crippen LogP) is 5.63. The summed E-state index contributed by atoms with van der Waals surface area (Å²) in [6, 6.07) is 28.0. The number of para-hydroxylation sites is 1. The van der Waals surface area contributed by atoms with Crippen molar-refractivity contribution in [2.24, 2.45) is 0 Å². The van der Waals surface area contributed by atoms with E-state index in [4.69, 9.17) is 4.98 Å². The van der Waals surface area contributed by atoms with Gasteiger partial charge < -0.3 is 5.32 Å². The first-order valence-corrected chi connectivity index (χ1v) is 13.4. The minimum atomic E-state index is -0.949. The van der Waals surface area contributed by atoms with Crippen molar-refractivity contribution in [2.45, 2.75) is 32.2 Å². The molecule has 4 aromatic rings. The van der Waals surface area contributed by atoms with Crippen molar-refractivity contribution in [3.63, 3.8) is 0 Å². The van der Waals surface area contributed by atoms with Crippen LogP contribution in [0.5, 0.6) is 0 Å². The van der Waals surface area contributed by atoms with Gasteiger partial charge >= 0.3 is 0 Å². The zero-order valence-electron chi connectivity index (χ0n) is 19.7. The quantitative estimate of drug-likeness (QED) is 0.345. The summed E-state index contributed by atoms with van der Waals surface area (Å²) in [7, 11) is -0.949. The first-order chi connectivity index (χ1) is 16.6. The molecule has 0 aliphatic rings. The molecule has 0 bridgehead atoms. The molecule has 0 saturated heterocycles. The number of carbonyl (C=O) groups excluding carboxylic acids is 1. The Hall–Kier alpha value is -3.31. The number of benzene rings is 3. The summed E-state index contributed by atoms with van der Waals surface area (Å²) in [6.45, 7) is 2.08. The zero-order chi connectivity index (χ0) is 23.9. The average Bonchev–Trinajstić information content (AvgIpc) is 2.87. The van der Waals surface area contributed by atoms with Gasteiger partial charge in [0.05, 0.1) is 23.7 Å². The Kier molecular flexibility index (Phi) is 7.86. The summed E-state index contributed by atoms with van der Waals surface area (Å²) < 4.78 is 12.0. The summed E-state index contributed by atoms with van der Waals surface area (Å²) in [6.07, 6.45) is 3.38. The van der Waals surface area contributed by atoms with Crippen LogP contribution in [0.1, 0.15) is 36.1 Å². The number of carbonyl (C=O) groups is 1. The minimum Gasteiger partial charge on any atom is -0.349 e. The maximum atomic E-state index is 13.3. The molecule has 1 heterocycles. The Balaban J connectivity index is 1.77. The van der Waals surface area contributed by atoms with Gasteiger partial charge in [0.2, 0.25) is 5.91 Å². The van der Waals surface area contributed by atoms with Crippen LogP contribution in [0.2, 0.25) is 0 Å². The Bertz CT molecular complexity index is 1290. The van der Waals surface area contributed by atoms with Crippen molar-refractivity contribution >= 4 is 27.6 Å². The molecule has 4 nitrogen and oxygen atoms in total. The summed E-state index contributed by atoms with van der Waals surface area (Å²) >= 11 is 0. The highest BCUT2D eigenvalue weighted by atomic mass is 32.2. The molecule has 0 aliphatic heterocycles. The molecule has 0 radical (unpaired) electrons. The monoisotopic (exact) mass is 470 g/mol. The first kappa shape index (κ1) is 23.8. The second-order valence-corrected chi connectivity index (χ2v) is 10.00. The Morgan fingerprint density at radius 3 is 2.24 bits per heavy atom. The van der Waals surface area contributed by atoms with Gasteiger partial charge in [0, 0.05) is 33.8 Å². The fraction of sp³-hybridized carbons (Fsp3) is 0.241. The maximum Gasteiger partial charge on any atom is 0.224 e. The van der Waals surface area contributed by atoms with E-state index in [2.05, 4.69) is 12.2 Å². The second kappa shape index (κ2) is 11.2. The van der Waals surface area contributed by atoms with E-state index in [0.717, 1.165) is 45.3 Å². The fourth-order valence-corrected chi connectivity index (χ4v) is 4.88. The van der Waals surface area contributed by atoms with Gasteiger partial charge in [-0.3, -0.25) is 9.00 Å². The third-order valence-corrected chi connectivity index (χ3v) is 6.86. The fourth-order valence-electron chi connectivity index (χ4n) is 4.38. The van der Waals surface area contributed by atoms with Gasteiger partial charge in [-0.2, -0.15) is 0 Å². The molecule has 2 atom stereocenters. The van der Waals surface area contributed by atoms with Crippen molar-refractivity contribution < 1.29 is 9.00 Å². The van der Waals surface area contributed by atoms with Gasteiger partial charge in [0.1, 0.15) is 0 Å². The Morgan fingerprint density at radius 2 is 1.56 bits per heavy atom. The highest BCUT2D eigenvalue weighted by molar-refractivity contribution is 7.84. The number of amides is 1. The molecule has 1 N–H and O–H groups in total. The van der Waals surface area contributed by atoms with Gasteiger partial charge in [-0.25, -0.2) is 4.98 Å². The van der Waals surface area contributed by atoms with Crippen molar-refractivity contribution in [1.82, 2.24) is 10.3 Å². The Labute approximate surface area is 203 Å². The molecule has 4 rings (SSSR count). The zero-order valence-corrected chi connectivity index (χ0v) is 20.5. The van der Waals surface area contributed by atoms with Crippen LogP contribution in [-0.2, 0) is 28.4 Å². The standard InChI is InChI=1S/C29H30N2O2S/c1-3-26(21-12-6-4-7-13-21)30-28(32)20-25-23-16-10-11-17-27(23)31-29(22-14-8-5-9-15-22)24(25)18-19-34(2)33/h4-17,26H,3,18-20H2,1-2H3,(H,30,32)/t26-,34?/m0/s1. The van der Waals surface area contributed by atoms with Crippen LogP contribution in [-0.4, -0.2) is 27.1 Å². The second-order valence-electron chi connectivity index (χ2n) is 8.44. The van der Waals surface area contributed by atoms with E-state index in [0.29, 0.717) is 12.2 Å². The lowest BCUT2D eigenvalue weighted by molar-refractivity contribution is -0.121. The van der Waals surface area contributed by atoms with Crippen LogP contribution in [0.15, 0.2) is 84.9 Å². The van der Waals surface area contributed by atoms with E-state index >= 15 is 0 Å². The first-order valence-electron chi connectivity index (χ1n) is 11.7. The van der Waals surface area contributed by atoms with E-state index in [9.17, 15) is 9.00 Å². The molecule has 0 fully saturated rings. The SMILES string of the molecule is CC[C@H](NC(=O)Cc1c(CCS(C)=O)c(-c2ccccc2)nc2ccccc12)c1ccccc1. The topological polar surface area (TPSA) is 59.1 Å². The van der Waals surface area contributed by atoms with Crippen LogP contribution >= 0.6 is 0 Å². The lowest BCUT2D eigenvalue weighted by Gasteiger charge is -2.20. The molecule has 1 amide bonds. The van der Waals surface area contributed by atoms with Crippen molar-refractivity contribution in [1.29, 1.82) is 0 Å². The van der Waals surface area contributed by atoms with Gasteiger partial charge in [0.25, 0.3) is 0 Å². The molecule has 0 saturated carbocycles. The lowest BCUT2D eigenvalue weighted by atomic mass is 9.92. The number of rotatable bonds is 9. The molecule has 1 unspecified atom stereocenters. The van der Waals surface area contributed by atoms with E-state index < -0.39 is 10.8 Å². The predicted molar refractivity (Wildman–Crippen MR) is 141 cm³/mol. The number of nitrogens with zero attached hydrogens (tertiary/aromatic N) is 1. The van der Waals surface area contributed by atoms with Crippen LogP contribution in [0, 0.1) is 0 Å². The molecule has 3 aromatic carbocycles. The van der Waals surface area contributed by atoms with E-state index in [-0.39, 0.29) is 18.4 Å². The van der Waals surface area contributed by atoms with Crippen LogP contribution in [0.25, 0.3) is 22.2 Å². The molecular weight excluding hydrogens is 440 g/mol. The number of hydrogen-bond donors (Lipinski definition) is 1. The van der Waals surface area contributed by atoms with Crippen LogP contribution < -0.4 is 5.32 Å². The van der Waals surface area contributed by atoms with Crippen molar-refractivity contribution in [3.8, 4) is 11.3 Å². The Morgan fingerprint density at radius 1 is 0.912 bits per heavy atom. The highest BCUT2D eigenvalue weighted by Crippen LogP contribution is 2.31. The molecule has 5 heteroatoms. The van der Waals surface area contributed by atoms with Gasteiger partial charge in [-0.05, 0) is 35.6 Å². The number of aromatic nitrogens is 1. The number of fused-ring (bicyclic) bond motifs is 1. The third-order valence-electron chi connectivity index (χ3n) is 6.08. The maximum absolute atomic E-state index is 13.3. The van der Waals surface area contributed by atoms with Crippen LogP contribution in [0.4, 0.5) is 0 Å². The average molecular weight is 471 g/mol. The van der Waals surface area contributed by atoms with Crippen molar-refractivity contribution in [3.05, 3.63) is 102 Å². The highest BCUT2D eigenvalue weighted by Gasteiger charge is 2.20. The summed E-state index contributed by atoms with van der Waals surface area (Å²) in [4.78, 5) is 18.3. The number of nitrogens with one attached hydrogen (secondary N) is 1. The van der Waals surface area contributed by atoms with Gasteiger partial charge in [-0.15, -0.1) is 0 Å². The molecule has 174 valence electrons. The largest absolute Gasteiger partial charge is 0.349 e. The minimum absolute atomic E-state index is 0.0232. The lowest BCUT2D eigenvalue weighted by Crippen LogP contribution is -2.30. The summed E-state index contributed by atoms with van der Waals surface area (Å²) in [5.74, 6) is 0.501. The molecular formula is C29H30N2O2S. The number of pyridine rings is 1. The van der Waals surface area contributed by atoms with Gasteiger partial charge in [-0.1, -0.05) is 85.8 Å². The van der Waals surface area contributed by atoms with Gasteiger partial charge in [0.15, 0.2) is 0 Å². The molecule has 34 heavy (non-hydrogen) atoms. The smallest absolute Gasteiger partial charge is 0.224 e. The normalized spacial score (nSPS) is 12.9. The van der Waals surface area contributed by atoms with E-state index in [1.807, 2.05) is 84.9 Å². The van der Waals surface area contributed by atoms with Crippen LogP contribution in [0.3, 0.4) is 0 Å².